The summed E-state index contributed by atoms with van der Waals surface area (Å²) in [5.41, 5.74) is 2.45. The molecule has 2 nitrogen and oxygen atoms in total. The molecule has 0 atom stereocenters. The van der Waals surface area contributed by atoms with Gasteiger partial charge in [0.1, 0.15) is 5.75 Å². The van der Waals surface area contributed by atoms with Crippen molar-refractivity contribution < 1.29 is 4.74 Å². The Kier molecular flexibility index (Phi) is 3.63. The first-order chi connectivity index (χ1) is 8.72. The van der Waals surface area contributed by atoms with Gasteiger partial charge in [-0.2, -0.15) is 0 Å². The van der Waals surface area contributed by atoms with Crippen LogP contribution in [0.4, 0.5) is 5.69 Å². The van der Waals surface area contributed by atoms with Gasteiger partial charge in [0.25, 0.3) is 0 Å². The predicted molar refractivity (Wildman–Crippen MR) is 82.7 cm³/mol. The van der Waals surface area contributed by atoms with Crippen LogP contribution in [0.1, 0.15) is 10.4 Å². The van der Waals surface area contributed by atoms with Gasteiger partial charge in [-0.05, 0) is 61.7 Å². The standard InChI is InChI=1S/C13H11Br2NOS/c14-11-6-10(18-13(11)15)7-16-9-1-2-12-8(5-9)3-4-17-12/h1-2,5-6,16H,3-4,7H2. The summed E-state index contributed by atoms with van der Waals surface area (Å²) in [6.45, 7) is 1.65. The van der Waals surface area contributed by atoms with E-state index in [4.69, 9.17) is 4.74 Å². The van der Waals surface area contributed by atoms with Crippen LogP contribution >= 0.6 is 43.2 Å². The van der Waals surface area contributed by atoms with Crippen molar-refractivity contribution in [2.75, 3.05) is 11.9 Å². The highest BCUT2D eigenvalue weighted by atomic mass is 79.9. The molecule has 1 aliphatic rings. The summed E-state index contributed by atoms with van der Waals surface area (Å²) in [7, 11) is 0. The SMILES string of the molecule is Brc1cc(CNc2ccc3c(c2)CCO3)sc1Br. The van der Waals surface area contributed by atoms with E-state index in [-0.39, 0.29) is 0 Å². The molecule has 1 aromatic carbocycles. The van der Waals surface area contributed by atoms with E-state index in [0.29, 0.717) is 0 Å². The normalized spacial score (nSPS) is 13.2. The maximum atomic E-state index is 5.50. The zero-order chi connectivity index (χ0) is 12.5. The van der Waals surface area contributed by atoms with Gasteiger partial charge in [0.05, 0.1) is 10.4 Å². The predicted octanol–water partition coefficient (Wildman–Crippen LogP) is 4.82. The lowest BCUT2D eigenvalue weighted by atomic mass is 10.1. The van der Waals surface area contributed by atoms with Gasteiger partial charge in [-0.25, -0.2) is 0 Å². The molecule has 18 heavy (non-hydrogen) atoms. The van der Waals surface area contributed by atoms with Gasteiger partial charge in [-0.3, -0.25) is 0 Å². The average molecular weight is 389 g/mol. The molecule has 1 aliphatic heterocycles. The van der Waals surface area contributed by atoms with E-state index in [2.05, 4.69) is 55.4 Å². The van der Waals surface area contributed by atoms with E-state index < -0.39 is 0 Å². The first-order valence-electron chi connectivity index (χ1n) is 5.66. The van der Waals surface area contributed by atoms with Crippen LogP contribution < -0.4 is 10.1 Å². The summed E-state index contributed by atoms with van der Waals surface area (Å²) in [5.74, 6) is 1.03. The third-order valence-corrected chi connectivity index (χ3v) is 6.11. The van der Waals surface area contributed by atoms with Crippen molar-refractivity contribution in [2.45, 2.75) is 13.0 Å². The molecule has 1 aromatic heterocycles. The number of nitrogens with one attached hydrogen (secondary N) is 1. The van der Waals surface area contributed by atoms with E-state index >= 15 is 0 Å². The second-order valence-electron chi connectivity index (χ2n) is 4.11. The van der Waals surface area contributed by atoms with Crippen LogP contribution in [-0.4, -0.2) is 6.61 Å². The van der Waals surface area contributed by atoms with Crippen molar-refractivity contribution in [3.63, 3.8) is 0 Å². The van der Waals surface area contributed by atoms with Gasteiger partial charge in [0.2, 0.25) is 0 Å². The van der Waals surface area contributed by atoms with E-state index in [9.17, 15) is 0 Å². The average Bonchev–Trinajstić information content (AvgIpc) is 2.94. The second-order valence-corrected chi connectivity index (χ2v) is 7.42. The number of anilines is 1. The summed E-state index contributed by atoms with van der Waals surface area (Å²) in [6.07, 6.45) is 1.01. The lowest BCUT2D eigenvalue weighted by Crippen LogP contribution is -1.97. The highest BCUT2D eigenvalue weighted by Gasteiger charge is 2.12. The minimum atomic E-state index is 0.809. The van der Waals surface area contributed by atoms with Crippen LogP contribution in [-0.2, 0) is 13.0 Å². The molecule has 2 aromatic rings. The number of fused-ring (bicyclic) bond motifs is 1. The molecular formula is C13H11Br2NOS. The van der Waals surface area contributed by atoms with Crippen LogP contribution in [0.15, 0.2) is 32.5 Å². The quantitative estimate of drug-likeness (QED) is 0.813. The van der Waals surface area contributed by atoms with Crippen LogP contribution in [0, 0.1) is 0 Å². The lowest BCUT2D eigenvalue weighted by molar-refractivity contribution is 0.357. The van der Waals surface area contributed by atoms with Gasteiger partial charge in [-0.15, -0.1) is 11.3 Å². The maximum Gasteiger partial charge on any atom is 0.122 e. The Balaban J connectivity index is 1.70. The Morgan fingerprint density at radius 3 is 2.94 bits per heavy atom. The molecule has 0 radical (unpaired) electrons. The van der Waals surface area contributed by atoms with Crippen LogP contribution in [0.5, 0.6) is 5.75 Å². The topological polar surface area (TPSA) is 21.3 Å². The Labute approximate surface area is 127 Å². The molecule has 5 heteroatoms. The van der Waals surface area contributed by atoms with Gasteiger partial charge in [-0.1, -0.05) is 0 Å². The van der Waals surface area contributed by atoms with Gasteiger partial charge in [0, 0.05) is 28.0 Å². The molecule has 0 bridgehead atoms. The van der Waals surface area contributed by atoms with Crippen molar-refractivity contribution in [1.82, 2.24) is 0 Å². The summed E-state index contributed by atoms with van der Waals surface area (Å²) in [5, 5.41) is 3.44. The van der Waals surface area contributed by atoms with E-state index in [0.717, 1.165) is 39.3 Å². The molecule has 0 amide bonds. The molecule has 1 N–H and O–H groups in total. The molecule has 2 heterocycles. The fourth-order valence-corrected chi connectivity index (χ4v) is 4.08. The van der Waals surface area contributed by atoms with Crippen molar-refractivity contribution >= 4 is 48.9 Å². The highest BCUT2D eigenvalue weighted by molar-refractivity contribution is 9.13. The molecule has 0 saturated carbocycles. The molecule has 0 fully saturated rings. The largest absolute Gasteiger partial charge is 0.493 e. The van der Waals surface area contributed by atoms with E-state index in [1.807, 2.05) is 6.07 Å². The minimum Gasteiger partial charge on any atom is -0.493 e. The Morgan fingerprint density at radius 2 is 2.17 bits per heavy atom. The third-order valence-electron chi connectivity index (χ3n) is 2.85. The highest BCUT2D eigenvalue weighted by Crippen LogP contribution is 2.33. The lowest BCUT2D eigenvalue weighted by Gasteiger charge is -2.06. The van der Waals surface area contributed by atoms with Crippen LogP contribution in [0.2, 0.25) is 0 Å². The van der Waals surface area contributed by atoms with Gasteiger partial charge < -0.3 is 10.1 Å². The second kappa shape index (κ2) is 5.23. The van der Waals surface area contributed by atoms with Crippen LogP contribution in [0.25, 0.3) is 0 Å². The Morgan fingerprint density at radius 1 is 1.28 bits per heavy atom. The number of benzene rings is 1. The summed E-state index contributed by atoms with van der Waals surface area (Å²) >= 11 is 8.75. The molecule has 3 rings (SSSR count). The Hall–Kier alpha value is -0.520. The van der Waals surface area contributed by atoms with Crippen molar-refractivity contribution in [3.8, 4) is 5.75 Å². The van der Waals surface area contributed by atoms with Gasteiger partial charge >= 0.3 is 0 Å². The molecule has 0 saturated heterocycles. The number of thiophene rings is 1. The molecule has 0 spiro atoms. The minimum absolute atomic E-state index is 0.809. The molecular weight excluding hydrogens is 378 g/mol. The molecule has 0 unspecified atom stereocenters. The zero-order valence-corrected chi connectivity index (χ0v) is 13.5. The van der Waals surface area contributed by atoms with Crippen LogP contribution in [0.3, 0.4) is 0 Å². The fraction of sp³-hybridized carbons (Fsp3) is 0.231. The van der Waals surface area contributed by atoms with E-state index in [1.165, 1.54) is 10.4 Å². The molecule has 94 valence electrons. The summed E-state index contributed by atoms with van der Waals surface area (Å²) in [6, 6.07) is 8.44. The van der Waals surface area contributed by atoms with Crippen molar-refractivity contribution in [1.29, 1.82) is 0 Å². The first kappa shape index (κ1) is 12.5. The first-order valence-corrected chi connectivity index (χ1v) is 8.06. The Bertz CT molecular complexity index is 563. The monoisotopic (exact) mass is 387 g/mol. The summed E-state index contributed by atoms with van der Waals surface area (Å²) in [4.78, 5) is 1.30. The number of hydrogen-bond donors (Lipinski definition) is 1. The number of halogens is 2. The zero-order valence-electron chi connectivity index (χ0n) is 9.50. The van der Waals surface area contributed by atoms with Gasteiger partial charge in [0.15, 0.2) is 0 Å². The van der Waals surface area contributed by atoms with Crippen molar-refractivity contribution in [3.05, 3.63) is 43.0 Å². The smallest absolute Gasteiger partial charge is 0.122 e. The van der Waals surface area contributed by atoms with Crippen molar-refractivity contribution in [2.24, 2.45) is 0 Å². The maximum absolute atomic E-state index is 5.50. The number of ether oxygens (including phenoxy) is 1. The summed E-state index contributed by atoms with van der Waals surface area (Å²) < 4.78 is 7.75. The third kappa shape index (κ3) is 2.58. The number of rotatable bonds is 3. The van der Waals surface area contributed by atoms with E-state index in [1.54, 1.807) is 11.3 Å². The fourth-order valence-electron chi connectivity index (χ4n) is 1.96. The number of hydrogen-bond acceptors (Lipinski definition) is 3. The molecule has 0 aliphatic carbocycles.